The molecule has 4 rings (SSSR count). The van der Waals surface area contributed by atoms with Crippen LogP contribution in [0.15, 0.2) is 24.3 Å². The van der Waals surface area contributed by atoms with Gasteiger partial charge in [-0.25, -0.2) is 0 Å². The Bertz CT molecular complexity index is 446. The van der Waals surface area contributed by atoms with Gasteiger partial charge in [0, 0.05) is 36.5 Å². The zero-order chi connectivity index (χ0) is 11.8. The molecule has 0 N–H and O–H groups in total. The third-order valence-corrected chi connectivity index (χ3v) is 4.22. The number of piperidine rings is 2. The van der Waals surface area contributed by atoms with Gasteiger partial charge in [0.1, 0.15) is 5.78 Å². The summed E-state index contributed by atoms with van der Waals surface area (Å²) in [6, 6.07) is 8.48. The number of Topliss-reactive ketones (excluding diaryl/α,β-unsaturated/α-hetero) is 1. The fourth-order valence-electron chi connectivity index (χ4n) is 3.06. The fourth-order valence-corrected chi connectivity index (χ4v) is 3.27. The Labute approximate surface area is 107 Å². The molecule has 90 valence electrons. The van der Waals surface area contributed by atoms with Gasteiger partial charge in [0.2, 0.25) is 0 Å². The highest BCUT2D eigenvalue weighted by atomic mass is 35.5. The molecule has 2 unspecified atom stereocenters. The average molecular weight is 250 g/mol. The van der Waals surface area contributed by atoms with Crippen LogP contribution in [0.3, 0.4) is 0 Å². The van der Waals surface area contributed by atoms with Crippen molar-refractivity contribution in [1.82, 2.24) is 4.90 Å². The summed E-state index contributed by atoms with van der Waals surface area (Å²) >= 11 is 5.99. The molecule has 1 aromatic carbocycles. The van der Waals surface area contributed by atoms with Crippen molar-refractivity contribution in [2.24, 2.45) is 5.92 Å². The Morgan fingerprint density at radius 2 is 2.24 bits per heavy atom. The molecule has 2 bridgehead atoms. The second-order valence-electron chi connectivity index (χ2n) is 5.16. The first kappa shape index (κ1) is 11.2. The number of hydrogen-bond donors (Lipinski definition) is 0. The van der Waals surface area contributed by atoms with Gasteiger partial charge in [-0.1, -0.05) is 23.7 Å². The van der Waals surface area contributed by atoms with Gasteiger partial charge < -0.3 is 0 Å². The summed E-state index contributed by atoms with van der Waals surface area (Å²) in [4.78, 5) is 14.1. The van der Waals surface area contributed by atoms with Crippen LogP contribution in [-0.2, 0) is 11.3 Å². The monoisotopic (exact) mass is 249 g/mol. The number of nitrogens with zero attached hydrogens (tertiary/aromatic N) is 1. The molecular weight excluding hydrogens is 234 g/mol. The maximum atomic E-state index is 11.7. The number of carbonyl (C=O) groups excluding carboxylic acids is 1. The second kappa shape index (κ2) is 4.43. The summed E-state index contributed by atoms with van der Waals surface area (Å²) < 4.78 is 0. The summed E-state index contributed by atoms with van der Waals surface area (Å²) in [5.41, 5.74) is 1.25. The van der Waals surface area contributed by atoms with Crippen LogP contribution in [0, 0.1) is 5.92 Å². The lowest BCUT2D eigenvalue weighted by molar-refractivity contribution is -0.132. The second-order valence-corrected chi connectivity index (χ2v) is 5.59. The first-order valence-corrected chi connectivity index (χ1v) is 6.61. The number of halogens is 1. The third kappa shape index (κ3) is 2.24. The Balaban J connectivity index is 1.73. The molecule has 2 heterocycles. The molecule has 3 heteroatoms. The van der Waals surface area contributed by atoms with Gasteiger partial charge >= 0.3 is 0 Å². The summed E-state index contributed by atoms with van der Waals surface area (Å²) in [5.74, 6) is 0.766. The van der Waals surface area contributed by atoms with Gasteiger partial charge in [-0.3, -0.25) is 9.69 Å². The van der Waals surface area contributed by atoms with Crippen LogP contribution in [0.5, 0.6) is 0 Å². The Kier molecular flexibility index (Phi) is 2.93. The molecule has 1 aromatic rings. The van der Waals surface area contributed by atoms with Gasteiger partial charge in [0.15, 0.2) is 0 Å². The molecule has 3 fully saturated rings. The van der Waals surface area contributed by atoms with Crippen LogP contribution in [0.4, 0.5) is 0 Å². The van der Waals surface area contributed by atoms with Crippen molar-refractivity contribution in [2.45, 2.75) is 31.8 Å². The van der Waals surface area contributed by atoms with E-state index in [4.69, 9.17) is 11.6 Å². The van der Waals surface area contributed by atoms with Crippen LogP contribution < -0.4 is 0 Å². The maximum absolute atomic E-state index is 11.7. The van der Waals surface area contributed by atoms with E-state index in [1.54, 1.807) is 0 Å². The highest BCUT2D eigenvalue weighted by Crippen LogP contribution is 2.33. The van der Waals surface area contributed by atoms with Crippen molar-refractivity contribution in [2.75, 3.05) is 6.54 Å². The van der Waals surface area contributed by atoms with E-state index in [2.05, 4.69) is 11.0 Å². The van der Waals surface area contributed by atoms with Crippen molar-refractivity contribution in [3.8, 4) is 0 Å². The van der Waals surface area contributed by atoms with E-state index in [0.29, 0.717) is 17.7 Å². The molecule has 0 spiro atoms. The summed E-state index contributed by atoms with van der Waals surface area (Å²) in [5, 5.41) is 0.792. The van der Waals surface area contributed by atoms with E-state index in [1.165, 1.54) is 12.0 Å². The lowest BCUT2D eigenvalue weighted by atomic mass is 9.79. The Hall–Kier alpha value is -0.860. The smallest absolute Gasteiger partial charge is 0.138 e. The van der Waals surface area contributed by atoms with Crippen molar-refractivity contribution >= 4 is 17.4 Å². The van der Waals surface area contributed by atoms with Crippen molar-refractivity contribution in [3.05, 3.63) is 34.9 Å². The molecule has 0 amide bonds. The predicted octanol–water partition coefficient (Wildman–Crippen LogP) is 2.89. The first-order valence-electron chi connectivity index (χ1n) is 6.23. The number of benzene rings is 1. The molecule has 1 saturated carbocycles. The zero-order valence-electron chi connectivity index (χ0n) is 9.73. The first-order chi connectivity index (χ1) is 8.22. The van der Waals surface area contributed by atoms with Gasteiger partial charge in [-0.05, 0) is 30.5 Å². The molecule has 0 radical (unpaired) electrons. The van der Waals surface area contributed by atoms with Crippen molar-refractivity contribution in [3.63, 3.8) is 0 Å². The molecule has 1 aliphatic carbocycles. The van der Waals surface area contributed by atoms with Crippen molar-refractivity contribution < 1.29 is 4.79 Å². The predicted molar refractivity (Wildman–Crippen MR) is 68.0 cm³/mol. The number of ketones is 1. The normalized spacial score (nSPS) is 28.6. The topological polar surface area (TPSA) is 20.3 Å². The molecule has 17 heavy (non-hydrogen) atoms. The Morgan fingerprint density at radius 1 is 1.35 bits per heavy atom. The Morgan fingerprint density at radius 3 is 2.88 bits per heavy atom. The summed E-state index contributed by atoms with van der Waals surface area (Å²) in [7, 11) is 0. The van der Waals surface area contributed by atoms with Gasteiger partial charge in [-0.2, -0.15) is 0 Å². The molecule has 0 aromatic heterocycles. The van der Waals surface area contributed by atoms with Gasteiger partial charge in [-0.15, -0.1) is 0 Å². The molecule has 3 aliphatic rings. The SMILES string of the molecule is O=C1CC2CCC1CN2Cc1cccc(Cl)c1. The highest BCUT2D eigenvalue weighted by molar-refractivity contribution is 6.30. The van der Waals surface area contributed by atoms with Crippen LogP contribution in [0.1, 0.15) is 24.8 Å². The average Bonchev–Trinajstić information content (AvgIpc) is 2.31. The number of rotatable bonds is 2. The zero-order valence-corrected chi connectivity index (χ0v) is 10.5. The van der Waals surface area contributed by atoms with E-state index in [1.807, 2.05) is 18.2 Å². The molecule has 2 saturated heterocycles. The number of fused-ring (bicyclic) bond motifs is 3. The molecular formula is C14H16ClNO. The van der Waals surface area contributed by atoms with E-state index in [9.17, 15) is 4.79 Å². The third-order valence-electron chi connectivity index (χ3n) is 3.99. The lowest BCUT2D eigenvalue weighted by Gasteiger charge is -2.44. The largest absolute Gasteiger partial charge is 0.299 e. The number of hydrogen-bond acceptors (Lipinski definition) is 2. The van der Waals surface area contributed by atoms with E-state index in [-0.39, 0.29) is 0 Å². The molecule has 2 nitrogen and oxygen atoms in total. The van der Waals surface area contributed by atoms with Crippen LogP contribution in [0.25, 0.3) is 0 Å². The minimum atomic E-state index is 0.291. The van der Waals surface area contributed by atoms with Crippen molar-refractivity contribution in [1.29, 1.82) is 0 Å². The maximum Gasteiger partial charge on any atom is 0.138 e. The van der Waals surface area contributed by atoms with E-state index in [0.717, 1.165) is 31.0 Å². The highest BCUT2D eigenvalue weighted by Gasteiger charge is 2.38. The van der Waals surface area contributed by atoms with Crippen LogP contribution in [0.2, 0.25) is 5.02 Å². The lowest BCUT2D eigenvalue weighted by Crippen LogP contribution is -2.51. The van der Waals surface area contributed by atoms with E-state index >= 15 is 0 Å². The molecule has 2 atom stereocenters. The standard InChI is InChI=1S/C14H16ClNO/c15-12-3-1-2-10(6-12)8-16-9-11-4-5-13(16)7-14(11)17/h1-3,6,11,13H,4-5,7-9H2. The fraction of sp³-hybridized carbons (Fsp3) is 0.500. The quantitative estimate of drug-likeness (QED) is 0.803. The van der Waals surface area contributed by atoms with Crippen LogP contribution >= 0.6 is 11.6 Å². The molecule has 2 aliphatic heterocycles. The van der Waals surface area contributed by atoms with Gasteiger partial charge in [0.05, 0.1) is 0 Å². The summed E-state index contributed by atoms with van der Waals surface area (Å²) in [6.45, 7) is 1.87. The number of carbonyl (C=O) groups is 1. The van der Waals surface area contributed by atoms with Crippen LogP contribution in [-0.4, -0.2) is 23.3 Å². The van der Waals surface area contributed by atoms with E-state index < -0.39 is 0 Å². The summed E-state index contributed by atoms with van der Waals surface area (Å²) in [6.07, 6.45) is 3.03. The minimum Gasteiger partial charge on any atom is -0.299 e. The minimum absolute atomic E-state index is 0.291. The van der Waals surface area contributed by atoms with Gasteiger partial charge in [0.25, 0.3) is 0 Å².